The van der Waals surface area contributed by atoms with Crippen LogP contribution in [-0.2, 0) is 4.79 Å². The van der Waals surface area contributed by atoms with E-state index in [1.54, 1.807) is 12.1 Å². The minimum Gasteiger partial charge on any atom is -0.504 e. The number of hydrogen-bond acceptors (Lipinski definition) is 3. The Balaban J connectivity index is 2.81. The summed E-state index contributed by atoms with van der Waals surface area (Å²) in [5.41, 5.74) is 1.78. The molecule has 0 aliphatic carbocycles. The Labute approximate surface area is 106 Å². The molecule has 0 saturated carbocycles. The van der Waals surface area contributed by atoms with Crippen LogP contribution < -0.4 is 4.74 Å². The van der Waals surface area contributed by atoms with Gasteiger partial charge in [0.25, 0.3) is 0 Å². The van der Waals surface area contributed by atoms with E-state index in [4.69, 9.17) is 9.84 Å². The number of aromatic hydroxyl groups is 1. The van der Waals surface area contributed by atoms with E-state index < -0.39 is 5.97 Å². The third-order valence-electron chi connectivity index (χ3n) is 2.13. The largest absolute Gasteiger partial charge is 0.504 e. The molecule has 0 spiro atoms. The second-order valence-electron chi connectivity index (χ2n) is 3.99. The molecule has 4 nitrogen and oxygen atoms in total. The van der Waals surface area contributed by atoms with Gasteiger partial charge in [0.05, 0.1) is 0 Å². The molecule has 0 radical (unpaired) electrons. The Morgan fingerprint density at radius 1 is 1.39 bits per heavy atom. The Kier molecular flexibility index (Phi) is 4.99. The maximum atomic E-state index is 10.4. The Hall–Kier alpha value is -2.23. The van der Waals surface area contributed by atoms with E-state index in [1.807, 2.05) is 19.9 Å². The Morgan fingerprint density at radius 2 is 2.11 bits per heavy atom. The van der Waals surface area contributed by atoms with Crippen molar-refractivity contribution in [3.63, 3.8) is 0 Å². The highest BCUT2D eigenvalue weighted by atomic mass is 16.5. The molecule has 0 atom stereocenters. The minimum atomic E-state index is -1.02. The molecule has 1 aromatic carbocycles. The van der Waals surface area contributed by atoms with E-state index in [0.29, 0.717) is 17.9 Å². The molecule has 0 fully saturated rings. The zero-order valence-corrected chi connectivity index (χ0v) is 10.4. The molecule has 18 heavy (non-hydrogen) atoms. The van der Waals surface area contributed by atoms with Crippen LogP contribution in [0, 0.1) is 0 Å². The molecule has 4 heteroatoms. The Bertz CT molecular complexity index is 483. The van der Waals surface area contributed by atoms with Gasteiger partial charge in [0.2, 0.25) is 0 Å². The molecule has 0 saturated heterocycles. The van der Waals surface area contributed by atoms with Gasteiger partial charge in [0.15, 0.2) is 11.5 Å². The molecule has 0 amide bonds. The molecule has 0 aromatic heterocycles. The van der Waals surface area contributed by atoms with Crippen LogP contribution in [0.25, 0.3) is 6.08 Å². The van der Waals surface area contributed by atoms with Crippen LogP contribution in [0.2, 0.25) is 0 Å². The van der Waals surface area contributed by atoms with Crippen LogP contribution in [0.3, 0.4) is 0 Å². The second-order valence-corrected chi connectivity index (χ2v) is 3.99. The van der Waals surface area contributed by atoms with Gasteiger partial charge in [-0.15, -0.1) is 0 Å². The SMILES string of the molecule is CC(C)=CCOc1cc(/C=C/C(=O)O)ccc1O. The van der Waals surface area contributed by atoms with E-state index in [9.17, 15) is 9.90 Å². The number of ether oxygens (including phenoxy) is 1. The van der Waals surface area contributed by atoms with E-state index >= 15 is 0 Å². The third kappa shape index (κ3) is 4.74. The number of allylic oxidation sites excluding steroid dienone is 1. The fraction of sp³-hybridized carbons (Fsp3) is 0.214. The predicted octanol–water partition coefficient (Wildman–Crippen LogP) is 2.84. The first-order chi connectivity index (χ1) is 8.49. The number of aliphatic carboxylic acids is 1. The number of phenolic OH excluding ortho intramolecular Hbond substituents is 1. The van der Waals surface area contributed by atoms with Gasteiger partial charge in [0, 0.05) is 6.08 Å². The first-order valence-electron chi connectivity index (χ1n) is 5.49. The topological polar surface area (TPSA) is 66.8 Å². The summed E-state index contributed by atoms with van der Waals surface area (Å²) in [5, 5.41) is 18.1. The summed E-state index contributed by atoms with van der Waals surface area (Å²) in [6, 6.07) is 4.68. The highest BCUT2D eigenvalue weighted by Gasteiger charge is 2.02. The van der Waals surface area contributed by atoms with Crippen LogP contribution in [0.4, 0.5) is 0 Å². The van der Waals surface area contributed by atoms with E-state index in [0.717, 1.165) is 11.6 Å². The van der Waals surface area contributed by atoms with Gasteiger partial charge >= 0.3 is 5.97 Å². The number of phenols is 1. The van der Waals surface area contributed by atoms with E-state index in [1.165, 1.54) is 12.1 Å². The summed E-state index contributed by atoms with van der Waals surface area (Å²) in [7, 11) is 0. The van der Waals surface area contributed by atoms with Crippen molar-refractivity contribution in [1.82, 2.24) is 0 Å². The van der Waals surface area contributed by atoms with Gasteiger partial charge in [-0.3, -0.25) is 0 Å². The first-order valence-corrected chi connectivity index (χ1v) is 5.49. The van der Waals surface area contributed by atoms with Crippen LogP contribution >= 0.6 is 0 Å². The van der Waals surface area contributed by atoms with Crippen LogP contribution in [0.5, 0.6) is 11.5 Å². The summed E-state index contributed by atoms with van der Waals surface area (Å²) in [4.78, 5) is 10.4. The number of rotatable bonds is 5. The Morgan fingerprint density at radius 3 is 2.72 bits per heavy atom. The number of carboxylic acid groups (broad SMARTS) is 1. The van der Waals surface area contributed by atoms with Crippen molar-refractivity contribution in [2.75, 3.05) is 6.61 Å². The van der Waals surface area contributed by atoms with Crippen molar-refractivity contribution in [3.05, 3.63) is 41.5 Å². The molecule has 1 aromatic rings. The lowest BCUT2D eigenvalue weighted by Crippen LogP contribution is -1.95. The van der Waals surface area contributed by atoms with Gasteiger partial charge in [0.1, 0.15) is 6.61 Å². The zero-order valence-electron chi connectivity index (χ0n) is 10.4. The van der Waals surface area contributed by atoms with Crippen molar-refractivity contribution in [2.24, 2.45) is 0 Å². The number of carbonyl (C=O) groups is 1. The molecular weight excluding hydrogens is 232 g/mol. The average Bonchev–Trinajstić information content (AvgIpc) is 2.29. The second kappa shape index (κ2) is 6.49. The van der Waals surface area contributed by atoms with E-state index in [2.05, 4.69) is 0 Å². The summed E-state index contributed by atoms with van der Waals surface area (Å²) in [6.07, 6.45) is 4.36. The zero-order chi connectivity index (χ0) is 13.5. The highest BCUT2D eigenvalue weighted by Crippen LogP contribution is 2.27. The molecule has 2 N–H and O–H groups in total. The monoisotopic (exact) mass is 248 g/mol. The summed E-state index contributed by atoms with van der Waals surface area (Å²) >= 11 is 0. The maximum Gasteiger partial charge on any atom is 0.328 e. The van der Waals surface area contributed by atoms with Gasteiger partial charge in [-0.25, -0.2) is 4.79 Å². The number of hydrogen-bond donors (Lipinski definition) is 2. The molecule has 0 aliphatic rings. The molecule has 96 valence electrons. The third-order valence-corrected chi connectivity index (χ3v) is 2.13. The van der Waals surface area contributed by atoms with Gasteiger partial charge in [-0.05, 0) is 43.7 Å². The van der Waals surface area contributed by atoms with Crippen LogP contribution in [0.15, 0.2) is 35.9 Å². The summed E-state index contributed by atoms with van der Waals surface area (Å²) < 4.78 is 5.39. The van der Waals surface area contributed by atoms with Crippen molar-refractivity contribution in [3.8, 4) is 11.5 Å². The molecular formula is C14H16O4. The van der Waals surface area contributed by atoms with Gasteiger partial charge < -0.3 is 14.9 Å². The van der Waals surface area contributed by atoms with Crippen LogP contribution in [0.1, 0.15) is 19.4 Å². The highest BCUT2D eigenvalue weighted by molar-refractivity contribution is 5.85. The van der Waals surface area contributed by atoms with Crippen molar-refractivity contribution in [1.29, 1.82) is 0 Å². The lowest BCUT2D eigenvalue weighted by Gasteiger charge is -2.07. The molecule has 1 rings (SSSR count). The van der Waals surface area contributed by atoms with Crippen molar-refractivity contribution in [2.45, 2.75) is 13.8 Å². The first kappa shape index (κ1) is 13.8. The fourth-order valence-corrected chi connectivity index (χ4v) is 1.22. The standard InChI is InChI=1S/C14H16O4/c1-10(2)7-8-18-13-9-11(3-5-12(13)15)4-6-14(16)17/h3-7,9,15H,8H2,1-2H3,(H,16,17)/b6-4+. The lowest BCUT2D eigenvalue weighted by atomic mass is 10.2. The maximum absolute atomic E-state index is 10.4. The average molecular weight is 248 g/mol. The summed E-state index contributed by atoms with van der Waals surface area (Å²) in [6.45, 7) is 4.27. The molecule has 0 unspecified atom stereocenters. The molecule has 0 aliphatic heterocycles. The van der Waals surface area contributed by atoms with Gasteiger partial charge in [-0.1, -0.05) is 11.6 Å². The quantitative estimate of drug-likeness (QED) is 0.621. The smallest absolute Gasteiger partial charge is 0.328 e. The summed E-state index contributed by atoms with van der Waals surface area (Å²) in [5.74, 6) is -0.653. The number of benzene rings is 1. The lowest BCUT2D eigenvalue weighted by molar-refractivity contribution is -0.131. The minimum absolute atomic E-state index is 0.0321. The van der Waals surface area contributed by atoms with E-state index in [-0.39, 0.29) is 5.75 Å². The van der Waals surface area contributed by atoms with Crippen molar-refractivity contribution >= 4 is 12.0 Å². The van der Waals surface area contributed by atoms with Gasteiger partial charge in [-0.2, -0.15) is 0 Å². The fourth-order valence-electron chi connectivity index (χ4n) is 1.22. The number of carboxylic acids is 1. The van der Waals surface area contributed by atoms with Crippen molar-refractivity contribution < 1.29 is 19.7 Å². The molecule has 0 heterocycles. The molecule has 0 bridgehead atoms. The normalized spacial score (nSPS) is 10.3. The van der Waals surface area contributed by atoms with Crippen LogP contribution in [-0.4, -0.2) is 22.8 Å². The predicted molar refractivity (Wildman–Crippen MR) is 69.7 cm³/mol.